The standard InChI is InChI=1S/C12H24O/c1-4-11-6-5-8-12(11,13)9-7-10(2)3/h10-11,13H,4-9H2,1-3H3. The van der Waals surface area contributed by atoms with E-state index in [9.17, 15) is 5.11 Å². The molecule has 0 spiro atoms. The molecule has 2 unspecified atom stereocenters. The summed E-state index contributed by atoms with van der Waals surface area (Å²) >= 11 is 0. The van der Waals surface area contributed by atoms with Crippen molar-refractivity contribution in [2.45, 2.75) is 64.9 Å². The molecule has 0 aromatic rings. The van der Waals surface area contributed by atoms with Gasteiger partial charge in [0.2, 0.25) is 0 Å². The van der Waals surface area contributed by atoms with Crippen LogP contribution in [0.15, 0.2) is 0 Å². The van der Waals surface area contributed by atoms with E-state index in [0.717, 1.165) is 25.2 Å². The first-order valence-electron chi connectivity index (χ1n) is 5.81. The minimum atomic E-state index is -0.307. The van der Waals surface area contributed by atoms with Crippen molar-refractivity contribution < 1.29 is 5.11 Å². The first-order chi connectivity index (χ1) is 6.08. The van der Waals surface area contributed by atoms with Crippen molar-refractivity contribution in [2.24, 2.45) is 11.8 Å². The van der Waals surface area contributed by atoms with Crippen LogP contribution in [0.5, 0.6) is 0 Å². The maximum absolute atomic E-state index is 10.4. The summed E-state index contributed by atoms with van der Waals surface area (Å²) in [4.78, 5) is 0. The Labute approximate surface area is 82.5 Å². The Balaban J connectivity index is 2.43. The minimum absolute atomic E-state index is 0.307. The lowest BCUT2D eigenvalue weighted by atomic mass is 9.83. The molecular weight excluding hydrogens is 160 g/mol. The van der Waals surface area contributed by atoms with Crippen molar-refractivity contribution in [3.63, 3.8) is 0 Å². The molecule has 2 atom stereocenters. The Kier molecular flexibility index (Phi) is 3.78. The fraction of sp³-hybridized carbons (Fsp3) is 1.00. The average molecular weight is 184 g/mol. The molecule has 0 bridgehead atoms. The molecule has 1 heteroatoms. The molecule has 0 aromatic heterocycles. The highest BCUT2D eigenvalue weighted by atomic mass is 16.3. The first kappa shape index (κ1) is 11.0. The molecule has 78 valence electrons. The Morgan fingerprint density at radius 1 is 1.46 bits per heavy atom. The topological polar surface area (TPSA) is 20.2 Å². The predicted molar refractivity (Wildman–Crippen MR) is 56.7 cm³/mol. The Bertz CT molecular complexity index is 153. The second-order valence-electron chi connectivity index (χ2n) is 5.03. The highest BCUT2D eigenvalue weighted by Crippen LogP contribution is 2.41. The molecule has 0 aliphatic heterocycles. The van der Waals surface area contributed by atoms with Crippen LogP contribution >= 0.6 is 0 Å². The molecule has 13 heavy (non-hydrogen) atoms. The minimum Gasteiger partial charge on any atom is -0.390 e. The van der Waals surface area contributed by atoms with Crippen LogP contribution < -0.4 is 0 Å². The van der Waals surface area contributed by atoms with Gasteiger partial charge in [0.05, 0.1) is 5.60 Å². The average Bonchev–Trinajstić information content (AvgIpc) is 2.44. The molecule has 0 amide bonds. The summed E-state index contributed by atoms with van der Waals surface area (Å²) in [6, 6.07) is 0. The first-order valence-corrected chi connectivity index (χ1v) is 5.81. The van der Waals surface area contributed by atoms with E-state index in [1.54, 1.807) is 0 Å². The summed E-state index contributed by atoms with van der Waals surface area (Å²) in [5.74, 6) is 1.30. The number of hydrogen-bond donors (Lipinski definition) is 1. The third-order valence-corrected chi connectivity index (χ3v) is 3.57. The third-order valence-electron chi connectivity index (χ3n) is 3.57. The zero-order valence-electron chi connectivity index (χ0n) is 9.34. The van der Waals surface area contributed by atoms with Crippen molar-refractivity contribution in [1.82, 2.24) is 0 Å². The summed E-state index contributed by atoms with van der Waals surface area (Å²) in [6.45, 7) is 6.68. The van der Waals surface area contributed by atoms with Gasteiger partial charge >= 0.3 is 0 Å². The van der Waals surface area contributed by atoms with Gasteiger partial charge in [0.25, 0.3) is 0 Å². The molecule has 0 heterocycles. The SMILES string of the molecule is CCC1CCCC1(O)CCC(C)C. The van der Waals surface area contributed by atoms with E-state index in [4.69, 9.17) is 0 Å². The molecule has 0 radical (unpaired) electrons. The fourth-order valence-electron chi connectivity index (χ4n) is 2.58. The van der Waals surface area contributed by atoms with E-state index < -0.39 is 0 Å². The second kappa shape index (κ2) is 4.45. The van der Waals surface area contributed by atoms with Gasteiger partial charge in [0.1, 0.15) is 0 Å². The van der Waals surface area contributed by atoms with E-state index in [2.05, 4.69) is 20.8 Å². The van der Waals surface area contributed by atoms with Crippen LogP contribution in [-0.4, -0.2) is 10.7 Å². The summed E-state index contributed by atoms with van der Waals surface area (Å²) in [5, 5.41) is 10.4. The molecule has 0 saturated heterocycles. The van der Waals surface area contributed by atoms with Gasteiger partial charge in [-0.25, -0.2) is 0 Å². The van der Waals surface area contributed by atoms with Crippen molar-refractivity contribution >= 4 is 0 Å². The van der Waals surface area contributed by atoms with Gasteiger partial charge < -0.3 is 5.11 Å². The molecular formula is C12H24O. The number of rotatable bonds is 4. The lowest BCUT2D eigenvalue weighted by Crippen LogP contribution is -2.33. The Hall–Kier alpha value is -0.0400. The van der Waals surface area contributed by atoms with Crippen LogP contribution in [0.4, 0.5) is 0 Å². The summed E-state index contributed by atoms with van der Waals surface area (Å²) < 4.78 is 0. The maximum Gasteiger partial charge on any atom is 0.0675 e. The van der Waals surface area contributed by atoms with E-state index >= 15 is 0 Å². The zero-order valence-corrected chi connectivity index (χ0v) is 9.34. The van der Waals surface area contributed by atoms with Crippen molar-refractivity contribution in [2.75, 3.05) is 0 Å². The quantitative estimate of drug-likeness (QED) is 0.710. The smallest absolute Gasteiger partial charge is 0.0675 e. The number of aliphatic hydroxyl groups is 1. The van der Waals surface area contributed by atoms with Gasteiger partial charge in [-0.1, -0.05) is 33.6 Å². The fourth-order valence-corrected chi connectivity index (χ4v) is 2.58. The van der Waals surface area contributed by atoms with E-state index in [0.29, 0.717) is 5.92 Å². The second-order valence-corrected chi connectivity index (χ2v) is 5.03. The van der Waals surface area contributed by atoms with E-state index in [1.165, 1.54) is 19.3 Å². The monoisotopic (exact) mass is 184 g/mol. The highest BCUT2D eigenvalue weighted by Gasteiger charge is 2.39. The molecule has 0 aromatic carbocycles. The van der Waals surface area contributed by atoms with Gasteiger partial charge in [0, 0.05) is 0 Å². The van der Waals surface area contributed by atoms with Gasteiger partial charge in [-0.2, -0.15) is 0 Å². The van der Waals surface area contributed by atoms with Crippen LogP contribution in [0, 0.1) is 11.8 Å². The van der Waals surface area contributed by atoms with Crippen molar-refractivity contribution in [3.8, 4) is 0 Å². The van der Waals surface area contributed by atoms with Gasteiger partial charge in [-0.3, -0.25) is 0 Å². The molecule has 1 aliphatic carbocycles. The Morgan fingerprint density at radius 3 is 2.69 bits per heavy atom. The van der Waals surface area contributed by atoms with Crippen LogP contribution in [-0.2, 0) is 0 Å². The maximum atomic E-state index is 10.4. The van der Waals surface area contributed by atoms with Crippen molar-refractivity contribution in [1.29, 1.82) is 0 Å². The van der Waals surface area contributed by atoms with Crippen LogP contribution in [0.1, 0.15) is 59.3 Å². The van der Waals surface area contributed by atoms with Crippen molar-refractivity contribution in [3.05, 3.63) is 0 Å². The number of hydrogen-bond acceptors (Lipinski definition) is 1. The molecule has 1 saturated carbocycles. The Morgan fingerprint density at radius 2 is 2.15 bits per heavy atom. The third kappa shape index (κ3) is 2.70. The summed E-state index contributed by atoms with van der Waals surface area (Å²) in [6.07, 6.45) is 6.85. The van der Waals surface area contributed by atoms with Crippen LogP contribution in [0.3, 0.4) is 0 Å². The van der Waals surface area contributed by atoms with Gasteiger partial charge in [-0.05, 0) is 37.5 Å². The summed E-state index contributed by atoms with van der Waals surface area (Å²) in [7, 11) is 0. The lowest BCUT2D eigenvalue weighted by molar-refractivity contribution is -0.0111. The molecule has 1 fully saturated rings. The molecule has 1 nitrogen and oxygen atoms in total. The van der Waals surface area contributed by atoms with Crippen LogP contribution in [0.2, 0.25) is 0 Å². The van der Waals surface area contributed by atoms with E-state index in [-0.39, 0.29) is 5.60 Å². The van der Waals surface area contributed by atoms with Gasteiger partial charge in [-0.15, -0.1) is 0 Å². The molecule has 1 N–H and O–H groups in total. The van der Waals surface area contributed by atoms with Gasteiger partial charge in [0.15, 0.2) is 0 Å². The predicted octanol–water partition coefficient (Wildman–Crippen LogP) is 3.36. The molecule has 1 aliphatic rings. The highest BCUT2D eigenvalue weighted by molar-refractivity contribution is 4.91. The lowest BCUT2D eigenvalue weighted by Gasteiger charge is -2.30. The zero-order chi connectivity index (χ0) is 9.90. The normalized spacial score (nSPS) is 34.4. The van der Waals surface area contributed by atoms with Crippen LogP contribution in [0.25, 0.3) is 0 Å². The largest absolute Gasteiger partial charge is 0.390 e. The van der Waals surface area contributed by atoms with E-state index in [1.807, 2.05) is 0 Å². The summed E-state index contributed by atoms with van der Waals surface area (Å²) in [5.41, 5.74) is -0.307. The molecule has 1 rings (SSSR count).